The van der Waals surface area contributed by atoms with Crippen molar-refractivity contribution in [3.05, 3.63) is 109 Å². The molecular weight excluding hydrogens is 697 g/mol. The highest BCUT2D eigenvalue weighted by Crippen LogP contribution is 2.43. The summed E-state index contributed by atoms with van der Waals surface area (Å²) in [6.45, 7) is 2.38. The molecule has 0 amide bonds. The summed E-state index contributed by atoms with van der Waals surface area (Å²) >= 11 is 0. The van der Waals surface area contributed by atoms with Crippen LogP contribution in [0.4, 0.5) is 0 Å². The number of aliphatic carboxylic acids is 1. The summed E-state index contributed by atoms with van der Waals surface area (Å²) in [6, 6.07) is -1.54. The number of allylic oxidation sites excluding steroid dienone is 18. The van der Waals surface area contributed by atoms with E-state index in [0.29, 0.717) is 19.3 Å². The molecule has 0 fully saturated rings. The van der Waals surface area contributed by atoms with Crippen LogP contribution in [-0.2, 0) is 37.5 Å². The fourth-order valence-electron chi connectivity index (χ4n) is 4.02. The molecule has 0 saturated heterocycles. The summed E-state index contributed by atoms with van der Waals surface area (Å²) in [5.74, 6) is -2.54. The van der Waals surface area contributed by atoms with Gasteiger partial charge in [0.2, 0.25) is 0 Å². The average molecular weight is 760 g/mol. The van der Waals surface area contributed by atoms with Crippen LogP contribution in [0.5, 0.6) is 0 Å². The summed E-state index contributed by atoms with van der Waals surface area (Å²) in [7, 11) is -4.75. The van der Waals surface area contributed by atoms with Crippen molar-refractivity contribution in [1.82, 2.24) is 0 Å². The van der Waals surface area contributed by atoms with E-state index in [4.69, 9.17) is 24.8 Å². The summed E-state index contributed by atoms with van der Waals surface area (Å²) in [4.78, 5) is 45.7. The summed E-state index contributed by atoms with van der Waals surface area (Å²) in [5.41, 5.74) is 5.30. The Morgan fingerprint density at radius 3 is 1.72 bits per heavy atom. The number of carboxylic acid groups (broad SMARTS) is 1. The van der Waals surface area contributed by atoms with Gasteiger partial charge in [-0.2, -0.15) is 0 Å². The van der Waals surface area contributed by atoms with E-state index in [-0.39, 0.29) is 12.8 Å². The number of ether oxygens (including phenoxy) is 2. The van der Waals surface area contributed by atoms with Crippen molar-refractivity contribution in [1.29, 1.82) is 0 Å². The topological polar surface area (TPSA) is 172 Å². The van der Waals surface area contributed by atoms with Gasteiger partial charge in [-0.25, -0.2) is 4.57 Å². The van der Waals surface area contributed by atoms with Gasteiger partial charge in [0.1, 0.15) is 12.6 Å². The molecule has 53 heavy (non-hydrogen) atoms. The van der Waals surface area contributed by atoms with E-state index in [9.17, 15) is 23.8 Å². The first-order chi connectivity index (χ1) is 25.6. The number of unbranched alkanes of at least 4 members (excludes halogenated alkanes) is 4. The highest BCUT2D eigenvalue weighted by atomic mass is 31.2. The highest BCUT2D eigenvalue weighted by molar-refractivity contribution is 7.47. The zero-order chi connectivity index (χ0) is 39.3. The Balaban J connectivity index is 4.65. The van der Waals surface area contributed by atoms with Crippen LogP contribution >= 0.6 is 7.82 Å². The SMILES string of the molecule is CC/C=C/C=C/C=C/C=C/C=C/CCCC(=O)OC(COC(=O)CCCCC/C=C/C/C=C/C/C=C/C/C=C/CC)COP(=O)(O)OC[C@H](N)C(=O)O. The van der Waals surface area contributed by atoms with E-state index < -0.39 is 57.7 Å². The number of carbonyl (C=O) groups excluding carboxylic acids is 2. The fourth-order valence-corrected chi connectivity index (χ4v) is 4.80. The number of hydrogen-bond donors (Lipinski definition) is 3. The van der Waals surface area contributed by atoms with Crippen molar-refractivity contribution in [2.45, 2.75) is 109 Å². The van der Waals surface area contributed by atoms with Gasteiger partial charge in [0.05, 0.1) is 13.2 Å². The van der Waals surface area contributed by atoms with E-state index in [0.717, 1.165) is 51.4 Å². The average Bonchev–Trinajstić information content (AvgIpc) is 3.13. The molecule has 0 aromatic carbocycles. The number of rotatable bonds is 32. The van der Waals surface area contributed by atoms with Gasteiger partial charge in [-0.1, -0.05) is 130 Å². The molecule has 0 spiro atoms. The Morgan fingerprint density at radius 2 is 1.11 bits per heavy atom. The number of carboxylic acids is 1. The van der Waals surface area contributed by atoms with Crippen molar-refractivity contribution in [3.8, 4) is 0 Å². The Kier molecular flexibility index (Phi) is 32.6. The van der Waals surface area contributed by atoms with Crippen LogP contribution in [0.3, 0.4) is 0 Å². The molecule has 3 atom stereocenters. The van der Waals surface area contributed by atoms with Gasteiger partial charge in [0.15, 0.2) is 6.10 Å². The molecule has 0 aliphatic heterocycles. The maximum atomic E-state index is 12.5. The van der Waals surface area contributed by atoms with Gasteiger partial charge in [-0.15, -0.1) is 0 Å². The lowest BCUT2D eigenvalue weighted by atomic mass is 10.1. The van der Waals surface area contributed by atoms with Crippen LogP contribution in [0, 0.1) is 0 Å². The second-order valence-corrected chi connectivity index (χ2v) is 13.2. The highest BCUT2D eigenvalue weighted by Gasteiger charge is 2.28. The summed E-state index contributed by atoms with van der Waals surface area (Å²) in [5, 5.41) is 8.85. The van der Waals surface area contributed by atoms with Gasteiger partial charge in [-0.3, -0.25) is 23.4 Å². The van der Waals surface area contributed by atoms with Gasteiger partial charge in [-0.05, 0) is 64.2 Å². The lowest BCUT2D eigenvalue weighted by Crippen LogP contribution is -2.34. The molecule has 0 saturated carbocycles. The van der Waals surface area contributed by atoms with Crippen LogP contribution < -0.4 is 5.73 Å². The monoisotopic (exact) mass is 759 g/mol. The van der Waals surface area contributed by atoms with E-state index in [2.05, 4.69) is 73.1 Å². The number of carbonyl (C=O) groups is 3. The third kappa shape index (κ3) is 35.0. The number of esters is 2. The van der Waals surface area contributed by atoms with Crippen molar-refractivity contribution < 1.29 is 47.5 Å². The Labute approximate surface area is 317 Å². The van der Waals surface area contributed by atoms with Crippen molar-refractivity contribution in [2.24, 2.45) is 5.73 Å². The second kappa shape index (κ2) is 35.2. The standard InChI is InChI=1S/C41H62NO10P/c1-3-5-7-9-11-13-15-17-18-19-21-22-24-26-28-30-32-39(43)49-34-37(35-50-53(47,48)51-36-38(42)41(45)46)52-40(44)33-31-29-27-25-23-20-16-14-12-10-8-6-4-2/h5-8,10-14,16-18,20-23,25,27,37-38H,3-4,9,15,19,24,26,28-36,42H2,1-2H3,(H,45,46)(H,47,48)/b7-5+,8-6+,12-10+,13-11+,16-14+,18-17+,22-21+,23-20+,27-25+/t37?,38-/m0/s1. The fraction of sp³-hybridized carbons (Fsp3) is 0.488. The van der Waals surface area contributed by atoms with Crippen molar-refractivity contribution in [3.63, 3.8) is 0 Å². The lowest BCUT2D eigenvalue weighted by molar-refractivity contribution is -0.161. The van der Waals surface area contributed by atoms with E-state index >= 15 is 0 Å². The van der Waals surface area contributed by atoms with E-state index in [1.54, 1.807) is 0 Å². The normalized spacial score (nSPS) is 15.1. The molecule has 0 aliphatic rings. The Morgan fingerprint density at radius 1 is 0.604 bits per heavy atom. The maximum absolute atomic E-state index is 12.5. The molecule has 12 heteroatoms. The third-order valence-corrected chi connectivity index (χ3v) is 7.84. The van der Waals surface area contributed by atoms with Gasteiger partial charge in [0.25, 0.3) is 0 Å². The van der Waals surface area contributed by atoms with Crippen LogP contribution in [0.15, 0.2) is 109 Å². The minimum Gasteiger partial charge on any atom is -0.480 e. The van der Waals surface area contributed by atoms with Crippen LogP contribution in [0.2, 0.25) is 0 Å². The molecule has 0 heterocycles. The molecule has 0 bridgehead atoms. The predicted octanol–water partition coefficient (Wildman–Crippen LogP) is 9.10. The molecule has 0 rings (SSSR count). The predicted molar refractivity (Wildman–Crippen MR) is 212 cm³/mol. The molecule has 0 radical (unpaired) electrons. The van der Waals surface area contributed by atoms with Gasteiger partial charge in [0, 0.05) is 12.8 Å². The number of phosphoric acid groups is 1. The Bertz CT molecular complexity index is 1310. The first-order valence-corrected chi connectivity index (χ1v) is 20.0. The maximum Gasteiger partial charge on any atom is 0.472 e. The summed E-state index contributed by atoms with van der Waals surface area (Å²) in [6.07, 6.45) is 44.7. The molecule has 0 aromatic rings. The minimum absolute atomic E-state index is 0.0501. The molecule has 2 unspecified atom stereocenters. The first kappa shape index (κ1) is 49.1. The molecular formula is C41H62NO10P. The van der Waals surface area contributed by atoms with Crippen LogP contribution in [0.25, 0.3) is 0 Å². The Hall–Kier alpha value is -3.86. The summed E-state index contributed by atoms with van der Waals surface area (Å²) < 4.78 is 32.4. The molecule has 11 nitrogen and oxygen atoms in total. The quantitative estimate of drug-likeness (QED) is 0.0196. The zero-order valence-electron chi connectivity index (χ0n) is 31.5. The van der Waals surface area contributed by atoms with E-state index in [1.165, 1.54) is 0 Å². The smallest absolute Gasteiger partial charge is 0.472 e. The van der Waals surface area contributed by atoms with Gasteiger partial charge >= 0.3 is 25.7 Å². The molecule has 0 aliphatic carbocycles. The second-order valence-electron chi connectivity index (χ2n) is 11.7. The minimum atomic E-state index is -4.75. The number of nitrogens with two attached hydrogens (primary N) is 1. The first-order valence-electron chi connectivity index (χ1n) is 18.5. The van der Waals surface area contributed by atoms with Gasteiger partial charge < -0.3 is 25.2 Å². The number of hydrogen-bond acceptors (Lipinski definition) is 9. The molecule has 0 aromatic heterocycles. The van der Waals surface area contributed by atoms with Crippen LogP contribution in [0.1, 0.15) is 97.3 Å². The lowest BCUT2D eigenvalue weighted by Gasteiger charge is -2.20. The third-order valence-electron chi connectivity index (χ3n) is 6.89. The van der Waals surface area contributed by atoms with Crippen molar-refractivity contribution in [2.75, 3.05) is 19.8 Å². The van der Waals surface area contributed by atoms with E-state index in [1.807, 2.05) is 54.7 Å². The molecule has 296 valence electrons. The number of phosphoric ester groups is 1. The van der Waals surface area contributed by atoms with Crippen molar-refractivity contribution >= 4 is 25.7 Å². The zero-order valence-corrected chi connectivity index (χ0v) is 32.4. The largest absolute Gasteiger partial charge is 0.480 e. The molecule has 4 N–H and O–H groups in total. The van der Waals surface area contributed by atoms with Crippen LogP contribution in [-0.4, -0.2) is 59.9 Å².